The lowest BCUT2D eigenvalue weighted by atomic mass is 9.69. The van der Waals surface area contributed by atoms with Gasteiger partial charge in [-0.25, -0.2) is 4.79 Å². The summed E-state index contributed by atoms with van der Waals surface area (Å²) < 4.78 is 5.42. The van der Waals surface area contributed by atoms with Crippen LogP contribution in [0.25, 0.3) is 11.0 Å². The number of fused-ring (bicyclic) bond motifs is 1. The minimum atomic E-state index is -0.290. The zero-order valence-corrected chi connectivity index (χ0v) is 14.1. The molecular formula is C20H23NO3. The van der Waals surface area contributed by atoms with Crippen LogP contribution in [0, 0.1) is 0 Å². The molecule has 0 amide bonds. The molecule has 1 aliphatic heterocycles. The highest BCUT2D eigenvalue weighted by atomic mass is 16.4. The Kier molecular flexibility index (Phi) is 3.80. The molecule has 1 spiro atoms. The maximum absolute atomic E-state index is 12.0. The summed E-state index contributed by atoms with van der Waals surface area (Å²) in [7, 11) is 0. The highest BCUT2D eigenvalue weighted by Gasteiger charge is 2.46. The first kappa shape index (κ1) is 15.6. The molecule has 24 heavy (non-hydrogen) atoms. The van der Waals surface area contributed by atoms with Crippen molar-refractivity contribution in [3.05, 3.63) is 45.8 Å². The summed E-state index contributed by atoms with van der Waals surface area (Å²) in [5.41, 5.74) is 2.61. The van der Waals surface area contributed by atoms with Crippen molar-refractivity contribution in [2.75, 3.05) is 6.54 Å². The number of aryl methyl sites for hydroxylation is 1. The first-order valence-corrected chi connectivity index (χ1v) is 8.92. The first-order valence-electron chi connectivity index (χ1n) is 8.92. The number of hydrogen-bond acceptors (Lipinski definition) is 4. The van der Waals surface area contributed by atoms with Gasteiger partial charge in [-0.3, -0.25) is 9.69 Å². The molecule has 2 heterocycles. The molecule has 4 heteroatoms. The third kappa shape index (κ3) is 2.59. The summed E-state index contributed by atoms with van der Waals surface area (Å²) in [6.45, 7) is 3.61. The number of hydrogen-bond donors (Lipinski definition) is 0. The maximum atomic E-state index is 12.0. The Morgan fingerprint density at radius 3 is 2.75 bits per heavy atom. The Labute approximate surface area is 141 Å². The summed E-state index contributed by atoms with van der Waals surface area (Å²) in [6, 6.07) is 7.76. The molecule has 126 valence electrons. The van der Waals surface area contributed by atoms with E-state index in [0.29, 0.717) is 24.2 Å². The molecule has 1 saturated heterocycles. The number of carbonyl (C=O) groups is 1. The molecule has 1 saturated carbocycles. The molecule has 4 rings (SSSR count). The predicted octanol–water partition coefficient (Wildman–Crippen LogP) is 3.44. The molecule has 0 bridgehead atoms. The van der Waals surface area contributed by atoms with Crippen molar-refractivity contribution < 1.29 is 9.21 Å². The molecule has 0 unspecified atom stereocenters. The molecule has 2 fully saturated rings. The largest absolute Gasteiger partial charge is 0.423 e. The average molecular weight is 325 g/mol. The third-order valence-electron chi connectivity index (χ3n) is 5.81. The van der Waals surface area contributed by atoms with Crippen LogP contribution in [0.5, 0.6) is 0 Å². The monoisotopic (exact) mass is 325 g/mol. The van der Waals surface area contributed by atoms with Crippen LogP contribution in [0.2, 0.25) is 0 Å². The van der Waals surface area contributed by atoms with Crippen LogP contribution in [0.15, 0.2) is 33.5 Å². The van der Waals surface area contributed by atoms with E-state index in [0.717, 1.165) is 43.3 Å². The summed E-state index contributed by atoms with van der Waals surface area (Å²) in [6.07, 6.45) is 5.60. The fraction of sp³-hybridized carbons (Fsp3) is 0.500. The van der Waals surface area contributed by atoms with E-state index in [2.05, 4.69) is 24.0 Å². The molecule has 2 aromatic rings. The lowest BCUT2D eigenvalue weighted by molar-refractivity contribution is -0.131. The summed E-state index contributed by atoms with van der Waals surface area (Å²) in [5.74, 6) is 0.385. The van der Waals surface area contributed by atoms with Gasteiger partial charge in [0.2, 0.25) is 0 Å². The Morgan fingerprint density at radius 2 is 2.04 bits per heavy atom. The number of piperidine rings is 1. The van der Waals surface area contributed by atoms with Crippen LogP contribution in [-0.4, -0.2) is 22.8 Å². The van der Waals surface area contributed by atoms with E-state index in [-0.39, 0.29) is 11.2 Å². The predicted molar refractivity (Wildman–Crippen MR) is 93.1 cm³/mol. The molecule has 1 aromatic carbocycles. The third-order valence-corrected chi connectivity index (χ3v) is 5.81. The minimum Gasteiger partial charge on any atom is -0.423 e. The standard InChI is InChI=1S/C20H23NO3/c1-2-14-4-5-17-15(11-19(23)24-18(17)10-14)13-21-9-6-16(22)12-20(21)7-3-8-20/h4-5,10-11H,2-3,6-9,12-13H2,1H3. The Balaban J connectivity index is 1.71. The van der Waals surface area contributed by atoms with E-state index in [1.54, 1.807) is 6.07 Å². The summed E-state index contributed by atoms with van der Waals surface area (Å²) >= 11 is 0. The number of Topliss-reactive ketones (excluding diaryl/α,β-unsaturated/α-hetero) is 1. The van der Waals surface area contributed by atoms with E-state index in [1.807, 2.05) is 6.07 Å². The highest BCUT2D eigenvalue weighted by Crippen LogP contribution is 2.44. The van der Waals surface area contributed by atoms with Crippen LogP contribution in [0.3, 0.4) is 0 Å². The number of rotatable bonds is 3. The second-order valence-corrected chi connectivity index (χ2v) is 7.24. The van der Waals surface area contributed by atoms with Crippen LogP contribution >= 0.6 is 0 Å². The van der Waals surface area contributed by atoms with Gasteiger partial charge >= 0.3 is 5.63 Å². The van der Waals surface area contributed by atoms with Crippen molar-refractivity contribution in [2.24, 2.45) is 0 Å². The molecule has 1 aromatic heterocycles. The summed E-state index contributed by atoms with van der Waals surface area (Å²) in [5, 5.41) is 1.01. The van der Waals surface area contributed by atoms with E-state index in [9.17, 15) is 9.59 Å². The van der Waals surface area contributed by atoms with Gasteiger partial charge in [0.25, 0.3) is 0 Å². The second-order valence-electron chi connectivity index (χ2n) is 7.24. The smallest absolute Gasteiger partial charge is 0.336 e. The van der Waals surface area contributed by atoms with E-state index >= 15 is 0 Å². The molecule has 0 atom stereocenters. The number of carbonyl (C=O) groups excluding carboxylic acids is 1. The van der Waals surface area contributed by atoms with Crippen molar-refractivity contribution in [1.82, 2.24) is 4.90 Å². The van der Waals surface area contributed by atoms with Gasteiger partial charge in [0.15, 0.2) is 0 Å². The SMILES string of the molecule is CCc1ccc2c(CN3CCC(=O)CC34CCC4)cc(=O)oc2c1. The number of likely N-dealkylation sites (tertiary alicyclic amines) is 1. The topological polar surface area (TPSA) is 50.5 Å². The number of benzene rings is 1. The lowest BCUT2D eigenvalue weighted by Crippen LogP contribution is -2.57. The maximum Gasteiger partial charge on any atom is 0.336 e. The average Bonchev–Trinajstić information content (AvgIpc) is 2.54. The van der Waals surface area contributed by atoms with Gasteiger partial charge in [0.1, 0.15) is 11.4 Å². The van der Waals surface area contributed by atoms with Gasteiger partial charge in [0, 0.05) is 42.9 Å². The zero-order valence-electron chi connectivity index (χ0n) is 14.1. The molecule has 0 radical (unpaired) electrons. The van der Waals surface area contributed by atoms with Crippen molar-refractivity contribution in [1.29, 1.82) is 0 Å². The van der Waals surface area contributed by atoms with Gasteiger partial charge in [0.05, 0.1) is 0 Å². The van der Waals surface area contributed by atoms with Crippen LogP contribution in [0.1, 0.15) is 50.2 Å². The molecule has 0 N–H and O–H groups in total. The highest BCUT2D eigenvalue weighted by molar-refractivity contribution is 5.82. The van der Waals surface area contributed by atoms with E-state index in [4.69, 9.17) is 4.42 Å². The fourth-order valence-corrected chi connectivity index (χ4v) is 4.22. The first-order chi connectivity index (χ1) is 11.6. The van der Waals surface area contributed by atoms with Crippen LogP contribution in [0.4, 0.5) is 0 Å². The molecular weight excluding hydrogens is 302 g/mol. The van der Waals surface area contributed by atoms with Crippen LogP contribution < -0.4 is 5.63 Å². The fourth-order valence-electron chi connectivity index (χ4n) is 4.22. The molecule has 4 nitrogen and oxygen atoms in total. The van der Waals surface area contributed by atoms with Crippen molar-refractivity contribution in [3.63, 3.8) is 0 Å². The zero-order chi connectivity index (χ0) is 16.7. The minimum absolute atomic E-state index is 0.0427. The van der Waals surface area contributed by atoms with Gasteiger partial charge in [-0.2, -0.15) is 0 Å². The second kappa shape index (κ2) is 5.85. The van der Waals surface area contributed by atoms with Crippen molar-refractivity contribution in [3.8, 4) is 0 Å². The quantitative estimate of drug-likeness (QED) is 0.811. The Hall–Kier alpha value is -1.94. The normalized spacial score (nSPS) is 20.5. The van der Waals surface area contributed by atoms with Crippen molar-refractivity contribution >= 4 is 16.8 Å². The van der Waals surface area contributed by atoms with Gasteiger partial charge in [-0.05, 0) is 42.9 Å². The number of ketones is 1. The van der Waals surface area contributed by atoms with E-state index in [1.165, 1.54) is 12.0 Å². The van der Waals surface area contributed by atoms with Crippen molar-refractivity contribution in [2.45, 2.75) is 57.5 Å². The Morgan fingerprint density at radius 1 is 1.21 bits per heavy atom. The molecule has 2 aliphatic rings. The van der Waals surface area contributed by atoms with Gasteiger partial charge < -0.3 is 4.42 Å². The van der Waals surface area contributed by atoms with Gasteiger partial charge in [-0.15, -0.1) is 0 Å². The molecule has 1 aliphatic carbocycles. The van der Waals surface area contributed by atoms with Gasteiger partial charge in [-0.1, -0.05) is 19.1 Å². The number of nitrogens with zero attached hydrogens (tertiary/aromatic N) is 1. The van der Waals surface area contributed by atoms with Crippen LogP contribution in [-0.2, 0) is 17.8 Å². The Bertz CT molecular complexity index is 848. The summed E-state index contributed by atoms with van der Waals surface area (Å²) in [4.78, 5) is 26.3. The lowest BCUT2D eigenvalue weighted by Gasteiger charge is -2.52. The van der Waals surface area contributed by atoms with E-state index < -0.39 is 0 Å².